The van der Waals surface area contributed by atoms with E-state index >= 15 is 0 Å². The first kappa shape index (κ1) is 15.4. The Morgan fingerprint density at radius 3 is 2.52 bits per heavy atom. The van der Waals surface area contributed by atoms with E-state index in [4.69, 9.17) is 0 Å². The number of benzene rings is 1. The number of nitrogens with one attached hydrogen (secondary N) is 1. The minimum Gasteiger partial charge on any atom is -0.477 e. The highest BCUT2D eigenvalue weighted by molar-refractivity contribution is 5.94. The number of carbonyl (C=O) groups is 1. The minimum atomic E-state index is -1.12. The number of hydrogen-bond acceptors (Lipinski definition) is 4. The lowest BCUT2D eigenvalue weighted by Crippen LogP contribution is -2.29. The zero-order chi connectivity index (χ0) is 17.4. The fourth-order valence-electron chi connectivity index (χ4n) is 3.30. The molecule has 1 saturated heterocycles. The summed E-state index contributed by atoms with van der Waals surface area (Å²) in [6.45, 7) is 2.14. The third kappa shape index (κ3) is 2.77. The number of fused-ring (bicyclic) bond motifs is 1. The Hall–Kier alpha value is -3.09. The number of H-pyrrole nitrogens is 1. The summed E-state index contributed by atoms with van der Waals surface area (Å²) in [5.74, 6) is -1.12. The van der Waals surface area contributed by atoms with Gasteiger partial charge in [-0.05, 0) is 37.0 Å². The lowest BCUT2D eigenvalue weighted by molar-refractivity contribution is 0.0699. The maximum absolute atomic E-state index is 12.2. The molecule has 1 aliphatic heterocycles. The third-order valence-electron chi connectivity index (χ3n) is 4.63. The number of hydrogen-bond donors (Lipinski definition) is 2. The number of carboxylic acid groups (broad SMARTS) is 1. The number of aromatic nitrogens is 3. The molecule has 2 N–H and O–H groups in total. The van der Waals surface area contributed by atoms with Gasteiger partial charge in [-0.2, -0.15) is 9.61 Å². The van der Waals surface area contributed by atoms with E-state index < -0.39 is 5.97 Å². The summed E-state index contributed by atoms with van der Waals surface area (Å²) in [5.41, 5.74) is 2.38. The van der Waals surface area contributed by atoms with Gasteiger partial charge in [-0.25, -0.2) is 4.79 Å². The fourth-order valence-corrected chi connectivity index (χ4v) is 3.30. The number of rotatable bonds is 3. The second-order valence-corrected chi connectivity index (χ2v) is 6.24. The van der Waals surface area contributed by atoms with Crippen molar-refractivity contribution in [2.24, 2.45) is 0 Å². The molecule has 2 aromatic heterocycles. The highest BCUT2D eigenvalue weighted by Gasteiger charge is 2.15. The highest BCUT2D eigenvalue weighted by atomic mass is 16.4. The first-order valence-corrected chi connectivity index (χ1v) is 8.33. The quantitative estimate of drug-likeness (QED) is 0.765. The van der Waals surface area contributed by atoms with Crippen LogP contribution in [0.3, 0.4) is 0 Å². The van der Waals surface area contributed by atoms with Gasteiger partial charge in [0.1, 0.15) is 5.56 Å². The maximum atomic E-state index is 12.2. The molecule has 7 nitrogen and oxygen atoms in total. The molecule has 25 heavy (non-hydrogen) atoms. The largest absolute Gasteiger partial charge is 0.477 e. The molecule has 7 heteroatoms. The zero-order valence-corrected chi connectivity index (χ0v) is 13.6. The summed E-state index contributed by atoms with van der Waals surface area (Å²) in [5, 5.41) is 13.1. The van der Waals surface area contributed by atoms with Gasteiger partial charge in [-0.1, -0.05) is 12.1 Å². The van der Waals surface area contributed by atoms with Crippen LogP contribution in [0, 0.1) is 0 Å². The second kappa shape index (κ2) is 6.08. The van der Waals surface area contributed by atoms with Crippen molar-refractivity contribution in [2.75, 3.05) is 18.0 Å². The molecule has 0 amide bonds. The summed E-state index contributed by atoms with van der Waals surface area (Å²) in [6.07, 6.45) is 4.89. The lowest BCUT2D eigenvalue weighted by atomic mass is 10.1. The molecule has 0 spiro atoms. The average molecular weight is 338 g/mol. The van der Waals surface area contributed by atoms with Crippen molar-refractivity contribution >= 4 is 17.3 Å². The Labute approximate surface area is 143 Å². The molecule has 0 bridgehead atoms. The van der Waals surface area contributed by atoms with Crippen LogP contribution in [0.2, 0.25) is 0 Å². The second-order valence-electron chi connectivity index (χ2n) is 6.24. The SMILES string of the molecule is O=C(O)c1cnn2c(=O)cc(-c3ccc(N4CCCCC4)cc3)[nH]c12. The number of anilines is 1. The van der Waals surface area contributed by atoms with Crippen LogP contribution in [0.4, 0.5) is 5.69 Å². The molecule has 0 aliphatic carbocycles. The van der Waals surface area contributed by atoms with Crippen LogP contribution >= 0.6 is 0 Å². The molecule has 1 aliphatic rings. The van der Waals surface area contributed by atoms with Crippen molar-refractivity contribution in [3.05, 3.63) is 52.4 Å². The number of carboxylic acids is 1. The van der Waals surface area contributed by atoms with Gasteiger partial charge in [-0.15, -0.1) is 0 Å². The molecule has 4 rings (SSSR count). The van der Waals surface area contributed by atoms with E-state index in [0.29, 0.717) is 5.69 Å². The predicted molar refractivity (Wildman–Crippen MR) is 94.3 cm³/mol. The van der Waals surface area contributed by atoms with Crippen LogP contribution in [0.1, 0.15) is 29.6 Å². The number of aromatic carboxylic acids is 1. The molecule has 1 fully saturated rings. The molecule has 0 saturated carbocycles. The molecule has 0 atom stereocenters. The van der Waals surface area contributed by atoms with Gasteiger partial charge in [0.2, 0.25) is 0 Å². The minimum absolute atomic E-state index is 0.0242. The topological polar surface area (TPSA) is 90.7 Å². The number of nitrogens with zero attached hydrogens (tertiary/aromatic N) is 3. The van der Waals surface area contributed by atoms with Crippen LogP contribution in [-0.4, -0.2) is 38.8 Å². The third-order valence-corrected chi connectivity index (χ3v) is 4.63. The standard InChI is InChI=1S/C18H18N4O3/c23-16-10-15(20-17-14(18(24)25)11-19-22(16)17)12-4-6-13(7-5-12)21-8-2-1-3-9-21/h4-7,10-11,20H,1-3,8-9H2,(H,24,25). The van der Waals surface area contributed by atoms with Gasteiger partial charge in [0.15, 0.2) is 5.65 Å². The smallest absolute Gasteiger partial charge is 0.341 e. The molecule has 1 aromatic carbocycles. The van der Waals surface area contributed by atoms with Crippen LogP contribution in [-0.2, 0) is 0 Å². The van der Waals surface area contributed by atoms with Crippen LogP contribution < -0.4 is 10.5 Å². The van der Waals surface area contributed by atoms with Crippen molar-refractivity contribution in [3.63, 3.8) is 0 Å². The van der Waals surface area contributed by atoms with Gasteiger partial charge < -0.3 is 15.0 Å². The van der Waals surface area contributed by atoms with Crippen molar-refractivity contribution in [3.8, 4) is 11.3 Å². The monoisotopic (exact) mass is 338 g/mol. The molecular formula is C18H18N4O3. The Morgan fingerprint density at radius 1 is 1.12 bits per heavy atom. The molecule has 3 aromatic rings. The zero-order valence-electron chi connectivity index (χ0n) is 13.6. The number of aromatic amines is 1. The summed E-state index contributed by atoms with van der Waals surface area (Å²) in [7, 11) is 0. The van der Waals surface area contributed by atoms with E-state index in [1.54, 1.807) is 0 Å². The Morgan fingerprint density at radius 2 is 1.84 bits per heavy atom. The fraction of sp³-hybridized carbons (Fsp3) is 0.278. The van der Waals surface area contributed by atoms with Gasteiger partial charge >= 0.3 is 5.97 Å². The normalized spacial score (nSPS) is 14.8. The molecule has 0 unspecified atom stereocenters. The summed E-state index contributed by atoms with van der Waals surface area (Å²) >= 11 is 0. The van der Waals surface area contributed by atoms with E-state index in [1.165, 1.54) is 37.2 Å². The van der Waals surface area contributed by atoms with Gasteiger partial charge in [0.25, 0.3) is 5.56 Å². The Balaban J connectivity index is 1.72. The molecule has 0 radical (unpaired) electrons. The predicted octanol–water partition coefficient (Wildman–Crippen LogP) is 2.38. The Bertz CT molecular complexity index is 982. The first-order valence-electron chi connectivity index (χ1n) is 8.33. The van der Waals surface area contributed by atoms with Crippen molar-refractivity contribution in [1.82, 2.24) is 14.6 Å². The van der Waals surface area contributed by atoms with Crippen LogP contribution in [0.25, 0.3) is 16.9 Å². The first-order chi connectivity index (χ1) is 12.1. The van der Waals surface area contributed by atoms with Crippen LogP contribution in [0.5, 0.6) is 0 Å². The summed E-state index contributed by atoms with van der Waals surface area (Å²) in [4.78, 5) is 28.9. The van der Waals surface area contributed by atoms with Crippen molar-refractivity contribution in [2.45, 2.75) is 19.3 Å². The number of piperidine rings is 1. The van der Waals surface area contributed by atoms with E-state index in [1.807, 2.05) is 24.3 Å². The van der Waals surface area contributed by atoms with Gasteiger partial charge in [0.05, 0.1) is 11.9 Å². The van der Waals surface area contributed by atoms with E-state index in [9.17, 15) is 14.7 Å². The van der Waals surface area contributed by atoms with Crippen molar-refractivity contribution < 1.29 is 9.90 Å². The van der Waals surface area contributed by atoms with Crippen LogP contribution in [0.15, 0.2) is 41.3 Å². The van der Waals surface area contributed by atoms with E-state index in [-0.39, 0.29) is 16.8 Å². The molecular weight excluding hydrogens is 320 g/mol. The van der Waals surface area contributed by atoms with E-state index in [2.05, 4.69) is 15.0 Å². The molecule has 3 heterocycles. The highest BCUT2D eigenvalue weighted by Crippen LogP contribution is 2.24. The lowest BCUT2D eigenvalue weighted by Gasteiger charge is -2.28. The Kier molecular flexibility index (Phi) is 3.76. The van der Waals surface area contributed by atoms with Crippen molar-refractivity contribution in [1.29, 1.82) is 0 Å². The average Bonchev–Trinajstić information content (AvgIpc) is 3.07. The maximum Gasteiger partial charge on any atom is 0.341 e. The summed E-state index contributed by atoms with van der Waals surface area (Å²) < 4.78 is 1.06. The molecule has 128 valence electrons. The van der Waals surface area contributed by atoms with Gasteiger partial charge in [-0.3, -0.25) is 4.79 Å². The summed E-state index contributed by atoms with van der Waals surface area (Å²) in [6, 6.07) is 9.40. The van der Waals surface area contributed by atoms with E-state index in [0.717, 1.165) is 23.2 Å². The van der Waals surface area contributed by atoms with Gasteiger partial charge in [0, 0.05) is 24.8 Å².